The lowest BCUT2D eigenvalue weighted by molar-refractivity contribution is -0.956. The molecule has 0 amide bonds. The number of likely N-dealkylation sites (N-methyl/N-ethyl adjacent to an activating group) is 1. The highest BCUT2D eigenvalue weighted by molar-refractivity contribution is 5.53. The third kappa shape index (κ3) is 2.15. The molecule has 126 valence electrons. The standard InChI is InChI=1S/C19H19NO3.BrH/c1-20-7-6-13-8-14(21)3-4-15(13)17(20)9-12-2-5-18-19(16(12)10-20)23-11-22-18;/h2-5,8,17H,6-7,9-11H2,1H3;1H. The van der Waals surface area contributed by atoms with E-state index in [1.807, 2.05) is 18.2 Å². The number of fused-ring (bicyclic) bond motifs is 6. The summed E-state index contributed by atoms with van der Waals surface area (Å²) in [4.78, 5) is 0. The maximum absolute atomic E-state index is 9.78. The maximum atomic E-state index is 9.78. The predicted octanol–water partition coefficient (Wildman–Crippen LogP) is -0.0750. The topological polar surface area (TPSA) is 38.7 Å². The Kier molecular flexibility index (Phi) is 3.55. The number of aromatic hydroxyl groups is 1. The van der Waals surface area contributed by atoms with E-state index in [-0.39, 0.29) is 17.0 Å². The van der Waals surface area contributed by atoms with Crippen LogP contribution in [0.4, 0.5) is 0 Å². The smallest absolute Gasteiger partial charge is 0.231 e. The molecular weight excluding hydrogens is 370 g/mol. The summed E-state index contributed by atoms with van der Waals surface area (Å²) >= 11 is 0. The zero-order chi connectivity index (χ0) is 15.6. The van der Waals surface area contributed by atoms with Crippen molar-refractivity contribution in [2.24, 2.45) is 0 Å². The molecule has 4 nitrogen and oxygen atoms in total. The van der Waals surface area contributed by atoms with Gasteiger partial charge in [0.1, 0.15) is 18.3 Å². The van der Waals surface area contributed by atoms with Crippen LogP contribution in [-0.2, 0) is 19.4 Å². The number of hydrogen-bond donors (Lipinski definition) is 1. The molecule has 0 radical (unpaired) electrons. The van der Waals surface area contributed by atoms with E-state index >= 15 is 0 Å². The first kappa shape index (κ1) is 15.8. The van der Waals surface area contributed by atoms with Crippen LogP contribution in [0.15, 0.2) is 30.3 Å². The summed E-state index contributed by atoms with van der Waals surface area (Å²) in [6.45, 7) is 2.40. The van der Waals surface area contributed by atoms with Gasteiger partial charge in [-0.05, 0) is 35.4 Å². The molecule has 3 aliphatic heterocycles. The Morgan fingerprint density at radius 2 is 2.00 bits per heavy atom. The van der Waals surface area contributed by atoms with Crippen LogP contribution in [0.5, 0.6) is 17.2 Å². The van der Waals surface area contributed by atoms with Crippen molar-refractivity contribution < 1.29 is 36.0 Å². The van der Waals surface area contributed by atoms with Crippen LogP contribution >= 0.6 is 0 Å². The normalized spacial score (nSPS) is 26.0. The number of benzene rings is 2. The molecule has 0 spiro atoms. The Morgan fingerprint density at radius 3 is 2.88 bits per heavy atom. The van der Waals surface area contributed by atoms with E-state index in [9.17, 15) is 5.11 Å². The molecule has 2 aromatic rings. The average molecular weight is 390 g/mol. The minimum Gasteiger partial charge on any atom is -1.00 e. The third-order valence-corrected chi connectivity index (χ3v) is 5.80. The van der Waals surface area contributed by atoms with Gasteiger partial charge < -0.3 is 36.0 Å². The van der Waals surface area contributed by atoms with Gasteiger partial charge in [-0.15, -0.1) is 0 Å². The molecule has 5 rings (SSSR count). The van der Waals surface area contributed by atoms with Gasteiger partial charge in [-0.1, -0.05) is 6.07 Å². The van der Waals surface area contributed by atoms with Gasteiger partial charge in [0, 0.05) is 18.4 Å². The van der Waals surface area contributed by atoms with Gasteiger partial charge in [-0.2, -0.15) is 0 Å². The van der Waals surface area contributed by atoms with Gasteiger partial charge in [0.05, 0.1) is 19.2 Å². The second-order valence-corrected chi connectivity index (χ2v) is 7.15. The number of quaternary nitrogens is 1. The van der Waals surface area contributed by atoms with Crippen LogP contribution in [0.25, 0.3) is 0 Å². The Bertz CT molecular complexity index is 822. The van der Waals surface area contributed by atoms with Crippen LogP contribution in [-0.4, -0.2) is 30.0 Å². The van der Waals surface area contributed by atoms with Crippen molar-refractivity contribution in [3.63, 3.8) is 0 Å². The van der Waals surface area contributed by atoms with Crippen molar-refractivity contribution in [3.05, 3.63) is 52.6 Å². The summed E-state index contributed by atoms with van der Waals surface area (Å²) in [5, 5.41) is 9.78. The number of phenolic OH excluding ortho intramolecular Hbond substituents is 1. The van der Waals surface area contributed by atoms with Gasteiger partial charge in [0.25, 0.3) is 0 Å². The molecule has 3 aliphatic rings. The van der Waals surface area contributed by atoms with Crippen molar-refractivity contribution in [2.45, 2.75) is 25.4 Å². The summed E-state index contributed by atoms with van der Waals surface area (Å²) < 4.78 is 12.3. The van der Waals surface area contributed by atoms with Crippen molar-refractivity contribution in [2.75, 3.05) is 20.4 Å². The molecular formula is C19H20BrNO3. The quantitative estimate of drug-likeness (QED) is 0.640. The minimum atomic E-state index is 0. The zero-order valence-corrected chi connectivity index (χ0v) is 15.2. The molecule has 0 saturated carbocycles. The van der Waals surface area contributed by atoms with E-state index in [1.54, 1.807) is 0 Å². The van der Waals surface area contributed by atoms with Crippen molar-refractivity contribution in [1.29, 1.82) is 0 Å². The van der Waals surface area contributed by atoms with Crippen molar-refractivity contribution in [1.82, 2.24) is 0 Å². The van der Waals surface area contributed by atoms with Gasteiger partial charge in [-0.3, -0.25) is 0 Å². The molecule has 0 aliphatic carbocycles. The van der Waals surface area contributed by atoms with Gasteiger partial charge in [0.2, 0.25) is 6.79 Å². The molecule has 1 N–H and O–H groups in total. The van der Waals surface area contributed by atoms with E-state index in [2.05, 4.69) is 19.2 Å². The Morgan fingerprint density at radius 1 is 1.12 bits per heavy atom. The zero-order valence-electron chi connectivity index (χ0n) is 13.6. The molecule has 5 heteroatoms. The van der Waals surface area contributed by atoms with Crippen LogP contribution in [0, 0.1) is 0 Å². The molecule has 3 heterocycles. The molecule has 2 unspecified atom stereocenters. The summed E-state index contributed by atoms with van der Waals surface area (Å²) in [6, 6.07) is 10.6. The Balaban J connectivity index is 0.00000146. The predicted molar refractivity (Wildman–Crippen MR) is 85.6 cm³/mol. The van der Waals surface area contributed by atoms with E-state index in [0.717, 1.165) is 41.9 Å². The van der Waals surface area contributed by atoms with Crippen molar-refractivity contribution >= 4 is 0 Å². The molecule has 0 saturated heterocycles. The maximum Gasteiger partial charge on any atom is 0.231 e. The molecule has 0 fully saturated rings. The Labute approximate surface area is 152 Å². The fraction of sp³-hybridized carbons (Fsp3) is 0.368. The van der Waals surface area contributed by atoms with Gasteiger partial charge in [-0.25, -0.2) is 0 Å². The highest BCUT2D eigenvalue weighted by Gasteiger charge is 2.44. The van der Waals surface area contributed by atoms with E-state index in [1.165, 1.54) is 22.3 Å². The van der Waals surface area contributed by atoms with Crippen LogP contribution in [0.2, 0.25) is 0 Å². The van der Waals surface area contributed by atoms with Crippen molar-refractivity contribution in [3.8, 4) is 17.2 Å². The van der Waals surface area contributed by atoms with Crippen LogP contribution in [0.3, 0.4) is 0 Å². The second-order valence-electron chi connectivity index (χ2n) is 7.15. The first-order valence-corrected chi connectivity index (χ1v) is 8.20. The SMILES string of the molecule is C[N+]12CCc3cc(O)ccc3C1Cc1ccc3c(c1C2)OCO3.[Br-]. The molecule has 0 bridgehead atoms. The molecule has 24 heavy (non-hydrogen) atoms. The number of halogens is 1. The first-order valence-electron chi connectivity index (χ1n) is 8.20. The fourth-order valence-electron chi connectivity index (χ4n) is 4.53. The molecule has 2 atom stereocenters. The number of nitrogens with zero attached hydrogens (tertiary/aromatic N) is 1. The summed E-state index contributed by atoms with van der Waals surface area (Å²) in [5.74, 6) is 2.22. The van der Waals surface area contributed by atoms with E-state index in [0.29, 0.717) is 18.6 Å². The first-order chi connectivity index (χ1) is 11.1. The third-order valence-electron chi connectivity index (χ3n) is 5.80. The number of phenols is 1. The fourth-order valence-corrected chi connectivity index (χ4v) is 4.53. The number of hydrogen-bond acceptors (Lipinski definition) is 3. The lowest BCUT2D eigenvalue weighted by Gasteiger charge is -2.48. The van der Waals surface area contributed by atoms with Crippen LogP contribution in [0.1, 0.15) is 28.3 Å². The average Bonchev–Trinajstić information content (AvgIpc) is 3.02. The summed E-state index contributed by atoms with van der Waals surface area (Å²) in [5.41, 5.74) is 5.38. The number of rotatable bonds is 0. The highest BCUT2D eigenvalue weighted by atomic mass is 79.9. The monoisotopic (exact) mass is 389 g/mol. The second kappa shape index (κ2) is 5.39. The van der Waals surface area contributed by atoms with Gasteiger partial charge >= 0.3 is 0 Å². The summed E-state index contributed by atoms with van der Waals surface area (Å²) in [7, 11) is 2.35. The van der Waals surface area contributed by atoms with Gasteiger partial charge in [0.15, 0.2) is 11.5 Å². The highest BCUT2D eigenvalue weighted by Crippen LogP contribution is 2.48. The van der Waals surface area contributed by atoms with E-state index < -0.39 is 0 Å². The number of ether oxygens (including phenoxy) is 2. The Hall–Kier alpha value is -1.72. The minimum absolute atomic E-state index is 0. The lowest BCUT2D eigenvalue weighted by Crippen LogP contribution is -3.00. The molecule has 2 aromatic carbocycles. The van der Waals surface area contributed by atoms with E-state index in [4.69, 9.17) is 9.47 Å². The van der Waals surface area contributed by atoms with Crippen LogP contribution < -0.4 is 26.5 Å². The lowest BCUT2D eigenvalue weighted by atomic mass is 9.81. The summed E-state index contributed by atoms with van der Waals surface area (Å²) in [6.07, 6.45) is 2.03. The molecule has 0 aromatic heterocycles. The largest absolute Gasteiger partial charge is 1.00 e.